The van der Waals surface area contributed by atoms with E-state index < -0.39 is 0 Å². The number of benzene rings is 1. The number of halogens is 1. The van der Waals surface area contributed by atoms with Crippen LogP contribution < -0.4 is 11.1 Å². The van der Waals surface area contributed by atoms with Crippen LogP contribution in [0.4, 0.5) is 0 Å². The minimum absolute atomic E-state index is 0.763. The standard InChI is InChI=1S/C13H15IN6/c1-2-19-13(16-17-18-19)11-8-15-20(12(11)14)9-10-6-4-3-5-7-10/h3-8,17-18H,2,9H2,1H3. The van der Waals surface area contributed by atoms with Crippen molar-refractivity contribution < 1.29 is 0 Å². The van der Waals surface area contributed by atoms with Crippen molar-refractivity contribution in [3.8, 4) is 0 Å². The zero-order valence-corrected chi connectivity index (χ0v) is 13.2. The van der Waals surface area contributed by atoms with E-state index in [1.165, 1.54) is 5.56 Å². The van der Waals surface area contributed by atoms with E-state index in [-0.39, 0.29) is 0 Å². The lowest BCUT2D eigenvalue weighted by molar-refractivity contribution is 0.308. The highest BCUT2D eigenvalue weighted by atomic mass is 127. The van der Waals surface area contributed by atoms with Crippen LogP contribution in [-0.4, -0.2) is 27.2 Å². The molecule has 3 rings (SSSR count). The summed E-state index contributed by atoms with van der Waals surface area (Å²) in [4.78, 5) is 0. The van der Waals surface area contributed by atoms with E-state index in [0.29, 0.717) is 0 Å². The van der Waals surface area contributed by atoms with Gasteiger partial charge in [0, 0.05) is 6.54 Å². The van der Waals surface area contributed by atoms with E-state index in [4.69, 9.17) is 0 Å². The molecule has 1 aromatic carbocycles. The van der Waals surface area contributed by atoms with Crippen molar-refractivity contribution in [2.75, 3.05) is 6.54 Å². The van der Waals surface area contributed by atoms with Gasteiger partial charge in [-0.1, -0.05) is 30.3 Å². The lowest BCUT2D eigenvalue weighted by Gasteiger charge is -2.15. The third-order valence-corrected chi connectivity index (χ3v) is 4.25. The van der Waals surface area contributed by atoms with Crippen LogP contribution in [-0.2, 0) is 6.54 Å². The predicted octanol–water partition coefficient (Wildman–Crippen LogP) is 1.54. The molecule has 104 valence electrons. The van der Waals surface area contributed by atoms with Gasteiger partial charge in [-0.15, -0.1) is 10.6 Å². The number of amidine groups is 1. The molecule has 0 saturated heterocycles. The number of nitrogens with zero attached hydrogens (tertiary/aromatic N) is 4. The van der Waals surface area contributed by atoms with Crippen LogP contribution in [0.3, 0.4) is 0 Å². The average Bonchev–Trinajstić information content (AvgIpc) is 3.07. The molecular formula is C13H15IN6. The molecule has 2 aromatic rings. The molecule has 6 nitrogen and oxygen atoms in total. The van der Waals surface area contributed by atoms with Gasteiger partial charge >= 0.3 is 0 Å². The van der Waals surface area contributed by atoms with Crippen molar-refractivity contribution in [2.45, 2.75) is 13.5 Å². The quantitative estimate of drug-likeness (QED) is 0.788. The number of aromatic nitrogens is 2. The summed E-state index contributed by atoms with van der Waals surface area (Å²) in [5, 5.41) is 10.7. The van der Waals surface area contributed by atoms with Gasteiger partial charge in [0.25, 0.3) is 0 Å². The SMILES string of the molecule is CCN1NNN=C1c1cnn(Cc2ccccc2)c1I. The van der Waals surface area contributed by atoms with Gasteiger partial charge in [-0.2, -0.15) is 5.10 Å². The second-order valence-corrected chi connectivity index (χ2v) is 5.42. The van der Waals surface area contributed by atoms with E-state index in [2.05, 4.69) is 62.9 Å². The second-order valence-electron chi connectivity index (χ2n) is 4.40. The Balaban J connectivity index is 1.86. The van der Waals surface area contributed by atoms with Crippen LogP contribution in [0.15, 0.2) is 41.6 Å². The van der Waals surface area contributed by atoms with Crippen molar-refractivity contribution in [2.24, 2.45) is 5.10 Å². The highest BCUT2D eigenvalue weighted by Gasteiger charge is 2.22. The third-order valence-electron chi connectivity index (χ3n) is 3.11. The number of rotatable bonds is 4. The number of nitrogens with one attached hydrogen (secondary N) is 2. The minimum Gasteiger partial charge on any atom is -0.271 e. The Morgan fingerprint density at radius 2 is 2.05 bits per heavy atom. The Morgan fingerprint density at radius 3 is 2.80 bits per heavy atom. The summed E-state index contributed by atoms with van der Waals surface area (Å²) in [5.41, 5.74) is 8.02. The van der Waals surface area contributed by atoms with Gasteiger partial charge in [0.1, 0.15) is 3.70 Å². The van der Waals surface area contributed by atoms with E-state index in [0.717, 1.165) is 28.2 Å². The van der Waals surface area contributed by atoms with Crippen molar-refractivity contribution >= 4 is 28.4 Å². The molecule has 20 heavy (non-hydrogen) atoms. The van der Waals surface area contributed by atoms with Gasteiger partial charge in [-0.3, -0.25) is 9.69 Å². The smallest absolute Gasteiger partial charge is 0.177 e. The van der Waals surface area contributed by atoms with Crippen LogP contribution >= 0.6 is 22.6 Å². The van der Waals surface area contributed by atoms with E-state index in [1.54, 1.807) is 0 Å². The molecule has 0 unspecified atom stereocenters. The Labute approximate surface area is 130 Å². The highest BCUT2D eigenvalue weighted by Crippen LogP contribution is 2.16. The first-order valence-corrected chi connectivity index (χ1v) is 7.49. The van der Waals surface area contributed by atoms with Gasteiger partial charge in [-0.05, 0) is 35.1 Å². The van der Waals surface area contributed by atoms with Gasteiger partial charge in [0.2, 0.25) is 0 Å². The zero-order chi connectivity index (χ0) is 13.9. The first-order chi connectivity index (χ1) is 9.79. The van der Waals surface area contributed by atoms with Crippen molar-refractivity contribution in [3.63, 3.8) is 0 Å². The third kappa shape index (κ3) is 2.50. The molecule has 1 aliphatic rings. The summed E-state index contributed by atoms with van der Waals surface area (Å²) in [5.74, 6) is 0.871. The molecule has 0 bridgehead atoms. The van der Waals surface area contributed by atoms with E-state index in [9.17, 15) is 0 Å². The van der Waals surface area contributed by atoms with Crippen molar-refractivity contribution in [1.29, 1.82) is 0 Å². The van der Waals surface area contributed by atoms with E-state index >= 15 is 0 Å². The topological polar surface area (TPSA) is 57.5 Å². The molecule has 0 amide bonds. The lowest BCUT2D eigenvalue weighted by atomic mass is 10.2. The van der Waals surface area contributed by atoms with E-state index in [1.807, 2.05) is 34.1 Å². The Kier molecular flexibility index (Phi) is 3.88. The summed E-state index contributed by atoms with van der Waals surface area (Å²) in [6.07, 6.45) is 1.86. The number of hydrogen-bond donors (Lipinski definition) is 2. The normalized spacial score (nSPS) is 14.3. The van der Waals surface area contributed by atoms with Crippen LogP contribution in [0, 0.1) is 3.70 Å². The number of hydrazone groups is 1. The fraction of sp³-hybridized carbons (Fsp3) is 0.231. The van der Waals surface area contributed by atoms with Gasteiger partial charge in [0.15, 0.2) is 5.84 Å². The molecule has 0 fully saturated rings. The molecule has 2 heterocycles. The Bertz CT molecular complexity index is 621. The largest absolute Gasteiger partial charge is 0.271 e. The summed E-state index contributed by atoms with van der Waals surface area (Å²) >= 11 is 2.32. The molecule has 0 spiro atoms. The number of hydrogen-bond acceptors (Lipinski definition) is 5. The molecular weight excluding hydrogens is 367 g/mol. The van der Waals surface area contributed by atoms with Crippen molar-refractivity contribution in [3.05, 3.63) is 51.4 Å². The summed E-state index contributed by atoms with van der Waals surface area (Å²) in [6, 6.07) is 10.3. The maximum atomic E-state index is 4.47. The van der Waals surface area contributed by atoms with Crippen LogP contribution in [0.1, 0.15) is 18.1 Å². The fourth-order valence-corrected chi connectivity index (χ4v) is 2.75. The lowest BCUT2D eigenvalue weighted by Crippen LogP contribution is -2.41. The maximum Gasteiger partial charge on any atom is 0.177 e. The van der Waals surface area contributed by atoms with Crippen LogP contribution in [0.5, 0.6) is 0 Å². The molecule has 0 atom stereocenters. The molecule has 0 saturated carbocycles. The molecule has 2 N–H and O–H groups in total. The Morgan fingerprint density at radius 1 is 1.25 bits per heavy atom. The Hall–Kier alpha value is -1.61. The average molecular weight is 382 g/mol. The monoisotopic (exact) mass is 382 g/mol. The van der Waals surface area contributed by atoms with Crippen molar-refractivity contribution in [1.82, 2.24) is 25.9 Å². The summed E-state index contributed by atoms with van der Waals surface area (Å²) < 4.78 is 3.06. The number of hydrazine groups is 2. The van der Waals surface area contributed by atoms with Gasteiger partial charge in [-0.25, -0.2) is 5.53 Å². The first kappa shape index (κ1) is 13.4. The van der Waals surface area contributed by atoms with Crippen LogP contribution in [0.25, 0.3) is 0 Å². The zero-order valence-electron chi connectivity index (χ0n) is 11.0. The molecule has 0 aliphatic carbocycles. The first-order valence-electron chi connectivity index (χ1n) is 6.41. The second kappa shape index (κ2) is 5.80. The maximum absolute atomic E-state index is 4.47. The van der Waals surface area contributed by atoms with Gasteiger partial charge < -0.3 is 0 Å². The van der Waals surface area contributed by atoms with Gasteiger partial charge in [0.05, 0.1) is 18.3 Å². The van der Waals surface area contributed by atoms with Crippen LogP contribution in [0.2, 0.25) is 0 Å². The minimum atomic E-state index is 0.763. The highest BCUT2D eigenvalue weighted by molar-refractivity contribution is 14.1. The molecule has 1 aliphatic heterocycles. The molecule has 1 aromatic heterocycles. The fourth-order valence-electron chi connectivity index (χ4n) is 2.07. The molecule has 0 radical (unpaired) electrons. The molecule has 7 heteroatoms. The summed E-state index contributed by atoms with van der Waals surface area (Å²) in [7, 11) is 0. The predicted molar refractivity (Wildman–Crippen MR) is 85.7 cm³/mol. The summed E-state index contributed by atoms with van der Waals surface area (Å²) in [6.45, 7) is 3.65.